The Bertz CT molecular complexity index is 848. The molecule has 1 saturated heterocycles. The third kappa shape index (κ3) is 4.63. The summed E-state index contributed by atoms with van der Waals surface area (Å²) < 4.78 is 5.45. The van der Waals surface area contributed by atoms with Gasteiger partial charge in [0, 0.05) is 5.56 Å². The predicted molar refractivity (Wildman–Crippen MR) is 106 cm³/mol. The van der Waals surface area contributed by atoms with Gasteiger partial charge in [-0.3, -0.25) is 10.1 Å². The Morgan fingerprint density at radius 3 is 2.34 bits per heavy atom. The Balaban J connectivity index is 1.71. The summed E-state index contributed by atoms with van der Waals surface area (Å²) in [4.78, 5) is 12.5. The molecule has 1 aliphatic heterocycles. The molecule has 5 atom stereocenters. The number of ether oxygens (including phenoxy) is 1. The van der Waals surface area contributed by atoms with E-state index in [4.69, 9.17) is 4.74 Å². The molecule has 1 fully saturated rings. The molecule has 0 bridgehead atoms. The highest BCUT2D eigenvalue weighted by Gasteiger charge is 2.45. The minimum Gasteiger partial charge on any atom is -0.394 e. The summed E-state index contributed by atoms with van der Waals surface area (Å²) in [5, 5.41) is 50.1. The molecule has 29 heavy (non-hydrogen) atoms. The Hall–Kier alpha value is -1.95. The van der Waals surface area contributed by atoms with E-state index in [9.17, 15) is 25.2 Å². The van der Waals surface area contributed by atoms with Crippen molar-refractivity contribution in [1.29, 1.82) is 0 Å². The third-order valence-electron chi connectivity index (χ3n) is 4.81. The number of amides is 1. The molecule has 1 aromatic heterocycles. The zero-order chi connectivity index (χ0) is 21.3. The molecule has 1 aliphatic rings. The van der Waals surface area contributed by atoms with Gasteiger partial charge in [0.05, 0.1) is 6.61 Å². The van der Waals surface area contributed by atoms with Gasteiger partial charge in [0.2, 0.25) is 5.13 Å². The number of aliphatic hydroxyl groups excluding tert-OH is 4. The van der Waals surface area contributed by atoms with E-state index in [1.807, 2.05) is 12.1 Å². The van der Waals surface area contributed by atoms with Crippen LogP contribution in [0, 0.1) is 0 Å². The van der Waals surface area contributed by atoms with Crippen molar-refractivity contribution >= 4 is 22.4 Å². The van der Waals surface area contributed by atoms with Crippen LogP contribution in [-0.2, 0) is 10.2 Å². The number of aliphatic hydroxyl groups is 4. The quantitative estimate of drug-likeness (QED) is 0.481. The lowest BCUT2D eigenvalue weighted by Gasteiger charge is -2.38. The van der Waals surface area contributed by atoms with Crippen molar-refractivity contribution < 1.29 is 30.0 Å². The van der Waals surface area contributed by atoms with Gasteiger partial charge in [-0.15, -0.1) is 10.2 Å². The average Bonchev–Trinajstić information content (AvgIpc) is 3.14. The summed E-state index contributed by atoms with van der Waals surface area (Å²) >= 11 is 0.976. The van der Waals surface area contributed by atoms with Crippen LogP contribution in [0.2, 0.25) is 0 Å². The zero-order valence-electron chi connectivity index (χ0n) is 16.3. The van der Waals surface area contributed by atoms with Crippen LogP contribution >= 0.6 is 11.3 Å². The maximum Gasteiger partial charge on any atom is 0.257 e. The average molecular weight is 423 g/mol. The van der Waals surface area contributed by atoms with Crippen molar-refractivity contribution in [1.82, 2.24) is 10.2 Å². The van der Waals surface area contributed by atoms with Crippen LogP contribution in [0.25, 0.3) is 0 Å². The van der Waals surface area contributed by atoms with Gasteiger partial charge in [-0.05, 0) is 23.1 Å². The van der Waals surface area contributed by atoms with Crippen molar-refractivity contribution in [3.8, 4) is 0 Å². The summed E-state index contributed by atoms with van der Waals surface area (Å²) in [6, 6.07) is 7.26. The number of nitrogens with zero attached hydrogens (tertiary/aromatic N) is 2. The molecule has 158 valence electrons. The van der Waals surface area contributed by atoms with E-state index in [1.54, 1.807) is 12.1 Å². The van der Waals surface area contributed by atoms with Crippen LogP contribution in [0.15, 0.2) is 24.3 Å². The van der Waals surface area contributed by atoms with Gasteiger partial charge < -0.3 is 25.2 Å². The fraction of sp³-hybridized carbons (Fsp3) is 0.526. The van der Waals surface area contributed by atoms with Crippen LogP contribution in [0.4, 0.5) is 5.13 Å². The summed E-state index contributed by atoms with van der Waals surface area (Å²) in [5.41, 5.74) is 1.55. The molecule has 9 nitrogen and oxygen atoms in total. The number of anilines is 1. The molecule has 0 saturated carbocycles. The normalized spacial score (nSPS) is 27.6. The maximum absolute atomic E-state index is 12.5. The minimum absolute atomic E-state index is 0.0193. The predicted octanol–water partition coefficient (Wildman–Crippen LogP) is 0.603. The lowest BCUT2D eigenvalue weighted by molar-refractivity contribution is -0.231. The monoisotopic (exact) mass is 423 g/mol. The first-order valence-electron chi connectivity index (χ1n) is 9.17. The Kier molecular flexibility index (Phi) is 6.32. The molecule has 0 spiro atoms. The van der Waals surface area contributed by atoms with Gasteiger partial charge in [0.1, 0.15) is 30.5 Å². The van der Waals surface area contributed by atoms with E-state index in [0.29, 0.717) is 5.56 Å². The second-order valence-corrected chi connectivity index (χ2v) is 8.99. The van der Waals surface area contributed by atoms with Crippen LogP contribution in [0.1, 0.15) is 47.8 Å². The number of hydrogen-bond acceptors (Lipinski definition) is 9. The molecule has 1 amide bonds. The Morgan fingerprint density at radius 1 is 1.10 bits per heavy atom. The number of nitrogens with one attached hydrogen (secondary N) is 1. The van der Waals surface area contributed by atoms with E-state index in [0.717, 1.165) is 16.9 Å². The van der Waals surface area contributed by atoms with Gasteiger partial charge in [-0.25, -0.2) is 0 Å². The molecule has 10 heteroatoms. The fourth-order valence-electron chi connectivity index (χ4n) is 3.00. The van der Waals surface area contributed by atoms with Crippen LogP contribution in [-0.4, -0.2) is 67.6 Å². The second-order valence-electron chi connectivity index (χ2n) is 7.98. The molecular weight excluding hydrogens is 398 g/mol. The highest BCUT2D eigenvalue weighted by molar-refractivity contribution is 7.15. The third-order valence-corrected chi connectivity index (χ3v) is 5.71. The SMILES string of the molecule is CC(C)(C)c1ccc(C(=O)Nc2nnc([C@@H]3O[C@H](CO)[C@@H](O)[C@H](O)[C@H]3O)s2)cc1. The number of hydrogen-bond donors (Lipinski definition) is 5. The van der Waals surface area contributed by atoms with Crippen LogP contribution in [0.5, 0.6) is 0 Å². The molecule has 2 aromatic rings. The summed E-state index contributed by atoms with van der Waals surface area (Å²) in [6.45, 7) is 5.73. The topological polar surface area (TPSA) is 145 Å². The molecular formula is C19H25N3O6S. The lowest BCUT2D eigenvalue weighted by atomic mass is 9.87. The van der Waals surface area contributed by atoms with Gasteiger partial charge in [0.15, 0.2) is 5.01 Å². The highest BCUT2D eigenvalue weighted by Crippen LogP contribution is 2.35. The first-order chi connectivity index (χ1) is 13.6. The number of carbonyl (C=O) groups excluding carboxylic acids is 1. The van der Waals surface area contributed by atoms with Gasteiger partial charge in [0.25, 0.3) is 5.91 Å². The summed E-state index contributed by atoms with van der Waals surface area (Å²) in [7, 11) is 0. The summed E-state index contributed by atoms with van der Waals surface area (Å²) in [5.74, 6) is -0.359. The van der Waals surface area contributed by atoms with Crippen molar-refractivity contribution in [2.24, 2.45) is 0 Å². The smallest absolute Gasteiger partial charge is 0.257 e. The first kappa shape index (κ1) is 21.8. The van der Waals surface area contributed by atoms with E-state index in [-0.39, 0.29) is 21.5 Å². The molecule has 3 rings (SSSR count). The molecule has 5 N–H and O–H groups in total. The van der Waals surface area contributed by atoms with Gasteiger partial charge in [-0.2, -0.15) is 0 Å². The van der Waals surface area contributed by atoms with Crippen molar-refractivity contribution in [3.05, 3.63) is 40.4 Å². The molecule has 0 aliphatic carbocycles. The van der Waals surface area contributed by atoms with E-state index in [2.05, 4.69) is 36.3 Å². The minimum atomic E-state index is -1.51. The first-order valence-corrected chi connectivity index (χ1v) is 9.99. The largest absolute Gasteiger partial charge is 0.394 e. The highest BCUT2D eigenvalue weighted by atomic mass is 32.1. The maximum atomic E-state index is 12.5. The number of aromatic nitrogens is 2. The number of rotatable bonds is 4. The molecule has 0 radical (unpaired) electrons. The lowest BCUT2D eigenvalue weighted by Crippen LogP contribution is -2.55. The second kappa shape index (κ2) is 8.42. The molecule has 2 heterocycles. The van der Waals surface area contributed by atoms with Crippen LogP contribution < -0.4 is 5.32 Å². The van der Waals surface area contributed by atoms with E-state index < -0.39 is 37.1 Å². The number of carbonyl (C=O) groups is 1. The van der Waals surface area contributed by atoms with Crippen molar-refractivity contribution in [3.63, 3.8) is 0 Å². The standard InChI is InChI=1S/C19H25N3O6S/c1-19(2,3)10-6-4-9(5-7-10)16(27)20-18-22-21-17(29-18)15-14(26)13(25)12(24)11(8-23)28-15/h4-7,11-15,23-26H,8H2,1-3H3,(H,20,22,27)/t11-,12-,13+,14-,15-/m1/s1. The van der Waals surface area contributed by atoms with Crippen LogP contribution in [0.3, 0.4) is 0 Å². The number of benzene rings is 1. The fourth-order valence-corrected chi connectivity index (χ4v) is 3.81. The molecule has 1 aromatic carbocycles. The Morgan fingerprint density at radius 2 is 1.76 bits per heavy atom. The van der Waals surface area contributed by atoms with E-state index in [1.165, 1.54) is 0 Å². The molecule has 0 unspecified atom stereocenters. The van der Waals surface area contributed by atoms with Gasteiger partial charge in [-0.1, -0.05) is 44.2 Å². The van der Waals surface area contributed by atoms with Crippen molar-refractivity contribution in [2.75, 3.05) is 11.9 Å². The van der Waals surface area contributed by atoms with E-state index >= 15 is 0 Å². The zero-order valence-corrected chi connectivity index (χ0v) is 17.1. The van der Waals surface area contributed by atoms with Gasteiger partial charge >= 0.3 is 0 Å². The van der Waals surface area contributed by atoms with Crippen molar-refractivity contribution in [2.45, 2.75) is 56.7 Å². The Labute approximate surface area is 172 Å². The summed E-state index contributed by atoms with van der Waals surface area (Å²) in [6.07, 6.45) is -6.53.